The van der Waals surface area contributed by atoms with Gasteiger partial charge in [0.15, 0.2) is 0 Å². The minimum Gasteiger partial charge on any atom is -0.396 e. The van der Waals surface area contributed by atoms with Crippen LogP contribution in [0.2, 0.25) is 0 Å². The fraction of sp³-hybridized carbons (Fsp3) is 0.750. The van der Waals surface area contributed by atoms with Crippen LogP contribution < -0.4 is 0 Å². The molecule has 0 aromatic heterocycles. The van der Waals surface area contributed by atoms with Crippen LogP contribution in [0.3, 0.4) is 0 Å². The molecule has 0 rings (SSSR count). The van der Waals surface area contributed by atoms with Crippen molar-refractivity contribution in [3.63, 3.8) is 0 Å². The van der Waals surface area contributed by atoms with Crippen LogP contribution in [-0.2, 0) is 0 Å². The Hall–Kier alpha value is 0.310. The zero-order chi connectivity index (χ0) is 4.83. The third kappa shape index (κ3) is 4.31. The molecule has 0 aromatic rings. The van der Waals surface area contributed by atoms with Crippen molar-refractivity contribution >= 4 is 11.8 Å². The van der Waals surface area contributed by atoms with Crippen LogP contribution in [0.15, 0.2) is 0 Å². The highest BCUT2D eigenvalue weighted by Crippen LogP contribution is 1.99. The maximum atomic E-state index is 8.15. The molecule has 0 aliphatic carbocycles. The van der Waals surface area contributed by atoms with Crippen molar-refractivity contribution in [1.82, 2.24) is 0 Å². The minimum atomic E-state index is 0.279. The van der Waals surface area contributed by atoms with E-state index in [0.717, 1.165) is 6.42 Å². The number of hydrogen-bond donors (Lipinski definition) is 1. The molecule has 0 aromatic carbocycles. The summed E-state index contributed by atoms with van der Waals surface area (Å²) in [5.74, 6) is 1.97. The second-order valence-corrected chi connectivity index (χ2v) is 1.72. The standard InChI is InChI=1S/C4H9OS/c1-6-4-2-3-5/h4-5H,2-3H2,1H3. The third-order valence-corrected chi connectivity index (χ3v) is 0.983. The summed E-state index contributed by atoms with van der Waals surface area (Å²) in [6, 6.07) is 0. The van der Waals surface area contributed by atoms with E-state index in [9.17, 15) is 0 Å². The number of thioether (sulfide) groups is 1. The number of aliphatic hydroxyl groups excluding tert-OH is 1. The summed E-state index contributed by atoms with van der Waals surface area (Å²) in [7, 11) is 0. The highest BCUT2D eigenvalue weighted by molar-refractivity contribution is 8.00. The van der Waals surface area contributed by atoms with E-state index in [0.29, 0.717) is 0 Å². The molecule has 1 N–H and O–H groups in total. The first-order chi connectivity index (χ1) is 2.91. The molecule has 0 heterocycles. The van der Waals surface area contributed by atoms with E-state index < -0.39 is 0 Å². The van der Waals surface area contributed by atoms with Gasteiger partial charge in [0.25, 0.3) is 0 Å². The van der Waals surface area contributed by atoms with Crippen molar-refractivity contribution in [3.8, 4) is 0 Å². The summed E-state index contributed by atoms with van der Waals surface area (Å²) < 4.78 is 0. The highest BCUT2D eigenvalue weighted by Gasteiger charge is 1.77. The van der Waals surface area contributed by atoms with Crippen LogP contribution in [0.5, 0.6) is 0 Å². The van der Waals surface area contributed by atoms with E-state index in [1.165, 1.54) is 0 Å². The Kier molecular flexibility index (Phi) is 5.58. The fourth-order valence-corrected chi connectivity index (χ4v) is 0.512. The SMILES string of the molecule is CS[CH]CCO. The van der Waals surface area contributed by atoms with E-state index in [1.807, 2.05) is 12.0 Å². The molecule has 1 nitrogen and oxygen atoms in total. The average Bonchev–Trinajstić information content (AvgIpc) is 1.61. The van der Waals surface area contributed by atoms with Gasteiger partial charge in [0.2, 0.25) is 0 Å². The van der Waals surface area contributed by atoms with E-state index in [2.05, 4.69) is 0 Å². The van der Waals surface area contributed by atoms with Crippen LogP contribution >= 0.6 is 11.8 Å². The second-order valence-electron chi connectivity index (χ2n) is 0.915. The second kappa shape index (κ2) is 5.31. The van der Waals surface area contributed by atoms with Gasteiger partial charge in [-0.1, -0.05) is 0 Å². The minimum absolute atomic E-state index is 0.279. The summed E-state index contributed by atoms with van der Waals surface area (Å²) in [6.45, 7) is 0.279. The lowest BCUT2D eigenvalue weighted by molar-refractivity contribution is 0.301. The highest BCUT2D eigenvalue weighted by atomic mass is 32.2. The Labute approximate surface area is 42.8 Å². The fourth-order valence-electron chi connectivity index (χ4n) is 0.171. The third-order valence-electron chi connectivity index (χ3n) is 0.414. The average molecular weight is 105 g/mol. The molecule has 0 unspecified atom stereocenters. The predicted octanol–water partition coefficient (Wildman–Crippen LogP) is 0.894. The summed E-state index contributed by atoms with van der Waals surface area (Å²) in [4.78, 5) is 0. The van der Waals surface area contributed by atoms with Crippen LogP contribution in [-0.4, -0.2) is 18.0 Å². The first-order valence-corrected chi connectivity index (χ1v) is 3.16. The first-order valence-electron chi connectivity index (χ1n) is 1.87. The van der Waals surface area contributed by atoms with Gasteiger partial charge in [0, 0.05) is 12.4 Å². The molecule has 0 spiro atoms. The Morgan fingerprint density at radius 2 is 2.50 bits per heavy atom. The van der Waals surface area contributed by atoms with Gasteiger partial charge >= 0.3 is 0 Å². The lowest BCUT2D eigenvalue weighted by Crippen LogP contribution is -1.76. The summed E-state index contributed by atoms with van der Waals surface area (Å²) in [6.07, 6.45) is 2.79. The molecular formula is C4H9OS. The van der Waals surface area contributed by atoms with Crippen molar-refractivity contribution in [1.29, 1.82) is 0 Å². The molecule has 0 saturated heterocycles. The molecule has 6 heavy (non-hydrogen) atoms. The van der Waals surface area contributed by atoms with Crippen LogP contribution in [0.1, 0.15) is 6.42 Å². The van der Waals surface area contributed by atoms with Gasteiger partial charge in [-0.2, -0.15) is 11.8 Å². The molecule has 0 amide bonds. The summed E-state index contributed by atoms with van der Waals surface area (Å²) in [5, 5.41) is 8.15. The zero-order valence-electron chi connectivity index (χ0n) is 3.85. The van der Waals surface area contributed by atoms with Gasteiger partial charge in [-0.15, -0.1) is 0 Å². The molecule has 0 aliphatic heterocycles. The van der Waals surface area contributed by atoms with Crippen LogP contribution in [0.4, 0.5) is 0 Å². The first kappa shape index (κ1) is 6.31. The molecular weight excluding hydrogens is 96.1 g/mol. The molecule has 0 fully saturated rings. The van der Waals surface area contributed by atoms with E-state index in [-0.39, 0.29) is 6.61 Å². The molecule has 0 saturated carbocycles. The van der Waals surface area contributed by atoms with Crippen molar-refractivity contribution in [2.45, 2.75) is 6.42 Å². The monoisotopic (exact) mass is 105 g/mol. The number of rotatable bonds is 3. The Morgan fingerprint density at radius 3 is 2.67 bits per heavy atom. The van der Waals surface area contributed by atoms with Crippen LogP contribution in [0.25, 0.3) is 0 Å². The normalized spacial score (nSPS) is 9.00. The van der Waals surface area contributed by atoms with Crippen molar-refractivity contribution < 1.29 is 5.11 Å². The molecule has 37 valence electrons. The van der Waals surface area contributed by atoms with Crippen molar-refractivity contribution in [2.24, 2.45) is 0 Å². The van der Waals surface area contributed by atoms with E-state index in [1.54, 1.807) is 11.8 Å². The Bertz CT molecular complexity index is 19.5. The van der Waals surface area contributed by atoms with Gasteiger partial charge in [0.05, 0.1) is 0 Å². The molecule has 0 bridgehead atoms. The van der Waals surface area contributed by atoms with Crippen molar-refractivity contribution in [2.75, 3.05) is 12.9 Å². The molecule has 0 aliphatic rings. The van der Waals surface area contributed by atoms with Gasteiger partial charge < -0.3 is 5.11 Å². The van der Waals surface area contributed by atoms with E-state index >= 15 is 0 Å². The van der Waals surface area contributed by atoms with Crippen LogP contribution in [0, 0.1) is 5.75 Å². The van der Waals surface area contributed by atoms with Crippen molar-refractivity contribution in [3.05, 3.63) is 5.75 Å². The van der Waals surface area contributed by atoms with Gasteiger partial charge in [-0.25, -0.2) is 0 Å². The van der Waals surface area contributed by atoms with E-state index in [4.69, 9.17) is 5.11 Å². The summed E-state index contributed by atoms with van der Waals surface area (Å²) in [5.41, 5.74) is 0. The molecule has 0 atom stereocenters. The lowest BCUT2D eigenvalue weighted by Gasteiger charge is -1.85. The largest absolute Gasteiger partial charge is 0.396 e. The predicted molar refractivity (Wildman–Crippen MR) is 29.5 cm³/mol. The molecule has 1 radical (unpaired) electrons. The maximum Gasteiger partial charge on any atom is 0.0441 e. The molecule has 2 heteroatoms. The summed E-state index contributed by atoms with van der Waals surface area (Å²) >= 11 is 1.64. The lowest BCUT2D eigenvalue weighted by atomic mass is 10.5. The van der Waals surface area contributed by atoms with Gasteiger partial charge in [-0.3, -0.25) is 0 Å². The Morgan fingerprint density at radius 1 is 1.83 bits per heavy atom. The van der Waals surface area contributed by atoms with Gasteiger partial charge in [0.1, 0.15) is 0 Å². The number of aliphatic hydroxyl groups is 1. The topological polar surface area (TPSA) is 20.2 Å². The number of hydrogen-bond acceptors (Lipinski definition) is 2. The quantitative estimate of drug-likeness (QED) is 0.538. The van der Waals surface area contributed by atoms with Gasteiger partial charge in [-0.05, 0) is 12.7 Å². The maximum absolute atomic E-state index is 8.15. The Balaban J connectivity index is 2.34. The zero-order valence-corrected chi connectivity index (χ0v) is 4.66. The smallest absolute Gasteiger partial charge is 0.0441 e.